The molecule has 0 spiro atoms. The van der Waals surface area contributed by atoms with E-state index in [4.69, 9.17) is 5.26 Å². The molecule has 0 radical (unpaired) electrons. The molecule has 1 aliphatic heterocycles. The third-order valence-corrected chi connectivity index (χ3v) is 3.21. The van der Waals surface area contributed by atoms with Crippen LogP contribution in [0.4, 0.5) is 5.13 Å². The second-order valence-corrected chi connectivity index (χ2v) is 4.15. The number of nitrogens with zero attached hydrogens (tertiary/aromatic N) is 5. The molecule has 6 heteroatoms. The molecular formula is C8H11N5S. The van der Waals surface area contributed by atoms with Crippen LogP contribution >= 0.6 is 11.5 Å². The van der Waals surface area contributed by atoms with E-state index in [9.17, 15) is 0 Å². The summed E-state index contributed by atoms with van der Waals surface area (Å²) in [5.74, 6) is 0.567. The number of nitriles is 1. The van der Waals surface area contributed by atoms with Gasteiger partial charge in [0.1, 0.15) is 0 Å². The number of aromatic nitrogens is 3. The van der Waals surface area contributed by atoms with Gasteiger partial charge in [-0.15, -0.1) is 0 Å². The van der Waals surface area contributed by atoms with Crippen molar-refractivity contribution in [2.45, 2.75) is 19.3 Å². The average Bonchev–Trinajstić information content (AvgIpc) is 2.72. The van der Waals surface area contributed by atoms with E-state index >= 15 is 0 Å². The van der Waals surface area contributed by atoms with Crippen molar-refractivity contribution >= 4 is 16.7 Å². The lowest BCUT2D eigenvalue weighted by molar-refractivity contribution is 0.412. The van der Waals surface area contributed by atoms with Gasteiger partial charge in [-0.05, 0) is 24.0 Å². The Bertz CT molecular complexity index is 309. The number of piperidine rings is 1. The van der Waals surface area contributed by atoms with E-state index in [0.29, 0.717) is 12.3 Å². The SMILES string of the molecule is N#CCC1CCN(c2nnns2)CC1. The van der Waals surface area contributed by atoms with Crippen molar-refractivity contribution in [2.24, 2.45) is 5.92 Å². The Morgan fingerprint density at radius 2 is 2.29 bits per heavy atom. The summed E-state index contributed by atoms with van der Waals surface area (Å²) in [6.45, 7) is 1.95. The van der Waals surface area contributed by atoms with Crippen LogP contribution in [-0.2, 0) is 0 Å². The maximum absolute atomic E-state index is 8.57. The van der Waals surface area contributed by atoms with E-state index in [1.165, 1.54) is 11.5 Å². The first-order chi connectivity index (χ1) is 6.90. The number of hydrogen-bond acceptors (Lipinski definition) is 6. The second-order valence-electron chi connectivity index (χ2n) is 3.44. The highest BCUT2D eigenvalue weighted by Gasteiger charge is 2.20. The van der Waals surface area contributed by atoms with Gasteiger partial charge in [-0.2, -0.15) is 5.26 Å². The minimum Gasteiger partial charge on any atom is -0.345 e. The first-order valence-corrected chi connectivity index (χ1v) is 5.44. The summed E-state index contributed by atoms with van der Waals surface area (Å²) in [5.41, 5.74) is 0. The normalized spacial score (nSPS) is 18.1. The minimum atomic E-state index is 0.567. The Hall–Kier alpha value is -1.22. The van der Waals surface area contributed by atoms with Crippen LogP contribution in [0.25, 0.3) is 0 Å². The summed E-state index contributed by atoms with van der Waals surface area (Å²) in [6, 6.07) is 2.23. The largest absolute Gasteiger partial charge is 0.345 e. The van der Waals surface area contributed by atoms with Gasteiger partial charge in [0.05, 0.1) is 6.07 Å². The van der Waals surface area contributed by atoms with Gasteiger partial charge in [-0.25, -0.2) is 0 Å². The third kappa shape index (κ3) is 1.99. The number of rotatable bonds is 2. The van der Waals surface area contributed by atoms with Crippen LogP contribution in [0.1, 0.15) is 19.3 Å². The molecule has 2 heterocycles. The van der Waals surface area contributed by atoms with Crippen LogP contribution in [-0.4, -0.2) is 27.9 Å². The lowest BCUT2D eigenvalue weighted by Crippen LogP contribution is -2.33. The van der Waals surface area contributed by atoms with Gasteiger partial charge in [0, 0.05) is 31.0 Å². The van der Waals surface area contributed by atoms with Crippen LogP contribution in [0, 0.1) is 17.2 Å². The van der Waals surface area contributed by atoms with E-state index in [-0.39, 0.29) is 0 Å². The molecule has 0 unspecified atom stereocenters. The molecule has 14 heavy (non-hydrogen) atoms. The molecule has 1 aromatic heterocycles. The van der Waals surface area contributed by atoms with E-state index in [0.717, 1.165) is 31.1 Å². The first kappa shape index (κ1) is 9.34. The first-order valence-electron chi connectivity index (χ1n) is 4.67. The molecule has 1 aliphatic rings. The zero-order valence-electron chi connectivity index (χ0n) is 7.76. The van der Waals surface area contributed by atoms with Gasteiger partial charge in [0.2, 0.25) is 5.13 Å². The van der Waals surface area contributed by atoms with Gasteiger partial charge in [0.25, 0.3) is 0 Å². The third-order valence-electron chi connectivity index (χ3n) is 2.55. The Balaban J connectivity index is 1.88. The predicted molar refractivity (Wildman–Crippen MR) is 52.9 cm³/mol. The monoisotopic (exact) mass is 209 g/mol. The smallest absolute Gasteiger partial charge is 0.227 e. The molecule has 0 saturated carbocycles. The molecule has 1 aromatic rings. The average molecular weight is 209 g/mol. The van der Waals surface area contributed by atoms with Crippen LogP contribution in [0.3, 0.4) is 0 Å². The maximum atomic E-state index is 8.57. The lowest BCUT2D eigenvalue weighted by atomic mass is 9.94. The van der Waals surface area contributed by atoms with Crippen molar-refractivity contribution in [1.82, 2.24) is 14.8 Å². The van der Waals surface area contributed by atoms with E-state index in [2.05, 4.69) is 25.8 Å². The zero-order chi connectivity index (χ0) is 9.80. The zero-order valence-corrected chi connectivity index (χ0v) is 8.57. The van der Waals surface area contributed by atoms with E-state index in [1.807, 2.05) is 0 Å². The van der Waals surface area contributed by atoms with Crippen LogP contribution < -0.4 is 4.90 Å². The Kier molecular flexibility index (Phi) is 2.89. The van der Waals surface area contributed by atoms with Crippen molar-refractivity contribution < 1.29 is 0 Å². The molecule has 0 aliphatic carbocycles. The molecule has 2 rings (SSSR count). The fourth-order valence-corrected chi connectivity index (χ4v) is 2.23. The fraction of sp³-hybridized carbons (Fsp3) is 0.750. The second kappa shape index (κ2) is 4.33. The summed E-state index contributed by atoms with van der Waals surface area (Å²) in [6.07, 6.45) is 2.84. The summed E-state index contributed by atoms with van der Waals surface area (Å²) >= 11 is 1.33. The van der Waals surface area contributed by atoms with Gasteiger partial charge in [-0.3, -0.25) is 0 Å². The minimum absolute atomic E-state index is 0.567. The summed E-state index contributed by atoms with van der Waals surface area (Å²) in [7, 11) is 0. The van der Waals surface area contributed by atoms with Crippen LogP contribution in [0.2, 0.25) is 0 Å². The van der Waals surface area contributed by atoms with Crippen molar-refractivity contribution in [2.75, 3.05) is 18.0 Å². The van der Waals surface area contributed by atoms with Gasteiger partial charge >= 0.3 is 0 Å². The Morgan fingerprint density at radius 3 is 2.86 bits per heavy atom. The van der Waals surface area contributed by atoms with Crippen molar-refractivity contribution in [3.05, 3.63) is 0 Å². The van der Waals surface area contributed by atoms with Crippen molar-refractivity contribution in [1.29, 1.82) is 5.26 Å². The van der Waals surface area contributed by atoms with Gasteiger partial charge < -0.3 is 4.90 Å². The maximum Gasteiger partial charge on any atom is 0.227 e. The topological polar surface area (TPSA) is 65.7 Å². The highest BCUT2D eigenvalue weighted by Crippen LogP contribution is 2.24. The molecule has 0 amide bonds. The van der Waals surface area contributed by atoms with Gasteiger partial charge in [0.15, 0.2) is 0 Å². The van der Waals surface area contributed by atoms with E-state index in [1.54, 1.807) is 0 Å². The Morgan fingerprint density at radius 1 is 1.50 bits per heavy atom. The predicted octanol–water partition coefficient (Wildman–Crippen LogP) is 1.06. The molecule has 0 aromatic carbocycles. The van der Waals surface area contributed by atoms with Gasteiger partial charge in [-0.1, -0.05) is 9.59 Å². The fourth-order valence-electron chi connectivity index (χ4n) is 1.71. The van der Waals surface area contributed by atoms with Crippen LogP contribution in [0.15, 0.2) is 0 Å². The van der Waals surface area contributed by atoms with Crippen molar-refractivity contribution in [3.8, 4) is 6.07 Å². The summed E-state index contributed by atoms with van der Waals surface area (Å²) < 4.78 is 3.74. The number of anilines is 1. The molecule has 74 valence electrons. The molecule has 0 bridgehead atoms. The molecule has 0 N–H and O–H groups in total. The van der Waals surface area contributed by atoms with E-state index < -0.39 is 0 Å². The molecule has 1 fully saturated rings. The Labute approximate surface area is 86.5 Å². The molecule has 0 atom stereocenters. The lowest BCUT2D eigenvalue weighted by Gasteiger charge is -2.29. The highest BCUT2D eigenvalue weighted by atomic mass is 32.1. The summed E-state index contributed by atoms with van der Waals surface area (Å²) in [5, 5.41) is 17.0. The number of hydrogen-bond donors (Lipinski definition) is 0. The molecule has 1 saturated heterocycles. The molecule has 5 nitrogen and oxygen atoms in total. The standard InChI is InChI=1S/C8H11N5S/c9-4-1-7-2-5-13(6-3-7)8-10-11-12-14-8/h7H,1-3,5-6H2. The molecular weight excluding hydrogens is 198 g/mol. The van der Waals surface area contributed by atoms with Crippen molar-refractivity contribution in [3.63, 3.8) is 0 Å². The quantitative estimate of drug-likeness (QED) is 0.728. The highest BCUT2D eigenvalue weighted by molar-refractivity contribution is 7.09. The summed E-state index contributed by atoms with van der Waals surface area (Å²) in [4.78, 5) is 2.19. The van der Waals surface area contributed by atoms with Crippen LogP contribution in [0.5, 0.6) is 0 Å².